The Bertz CT molecular complexity index is 2940. The van der Waals surface area contributed by atoms with Gasteiger partial charge in [-0.25, -0.2) is 0 Å². The lowest BCUT2D eigenvalue weighted by Gasteiger charge is -2.27. The van der Waals surface area contributed by atoms with Gasteiger partial charge in [0.05, 0.1) is 5.69 Å². The van der Waals surface area contributed by atoms with Crippen molar-refractivity contribution in [3.63, 3.8) is 0 Å². The molecule has 56 heavy (non-hydrogen) atoms. The van der Waals surface area contributed by atoms with E-state index in [0.717, 1.165) is 45.3 Å². The van der Waals surface area contributed by atoms with Crippen LogP contribution in [0.4, 0.5) is 34.1 Å². The summed E-state index contributed by atoms with van der Waals surface area (Å²) in [7, 11) is 0. The van der Waals surface area contributed by atoms with E-state index in [2.05, 4.69) is 240 Å². The van der Waals surface area contributed by atoms with Crippen LogP contribution >= 0.6 is 0 Å². The molecule has 0 heterocycles. The molecule has 0 saturated carbocycles. The zero-order valence-electron chi connectivity index (χ0n) is 30.8. The highest BCUT2D eigenvalue weighted by atomic mass is 15.1. The van der Waals surface area contributed by atoms with E-state index >= 15 is 0 Å². The lowest BCUT2D eigenvalue weighted by atomic mass is 9.99. The Morgan fingerprint density at radius 2 is 0.661 bits per heavy atom. The highest BCUT2D eigenvalue weighted by Crippen LogP contribution is 2.42. The molecule has 0 N–H and O–H groups in total. The average Bonchev–Trinajstić information content (AvgIpc) is 3.27. The van der Waals surface area contributed by atoms with Crippen LogP contribution in [0.15, 0.2) is 218 Å². The Morgan fingerprint density at radius 1 is 0.250 bits per heavy atom. The Morgan fingerprint density at radius 3 is 1.23 bits per heavy atom. The van der Waals surface area contributed by atoms with Gasteiger partial charge < -0.3 is 9.80 Å². The highest BCUT2D eigenvalue weighted by molar-refractivity contribution is 6.14. The minimum absolute atomic E-state index is 1.11. The zero-order chi connectivity index (χ0) is 37.3. The number of para-hydroxylation sites is 1. The maximum Gasteiger partial charge on any atom is 0.0546 e. The van der Waals surface area contributed by atoms with Crippen molar-refractivity contribution in [3.05, 3.63) is 230 Å². The van der Waals surface area contributed by atoms with Crippen LogP contribution in [0, 0.1) is 0 Å². The van der Waals surface area contributed by atoms with Crippen molar-refractivity contribution in [1.82, 2.24) is 0 Å². The molecule has 0 saturated heterocycles. The fourth-order valence-corrected chi connectivity index (χ4v) is 7.96. The first kappa shape index (κ1) is 33.2. The largest absolute Gasteiger partial charge is 0.310 e. The lowest BCUT2D eigenvalue weighted by molar-refractivity contribution is 1.29. The summed E-state index contributed by atoms with van der Waals surface area (Å²) in [4.78, 5) is 4.72. The van der Waals surface area contributed by atoms with Gasteiger partial charge in [-0.1, -0.05) is 164 Å². The van der Waals surface area contributed by atoms with Crippen molar-refractivity contribution >= 4 is 89.4 Å². The minimum atomic E-state index is 1.11. The van der Waals surface area contributed by atoms with Gasteiger partial charge in [-0.15, -0.1) is 0 Å². The molecule has 0 unspecified atom stereocenters. The molecule has 10 rings (SSSR count). The summed E-state index contributed by atoms with van der Waals surface area (Å²) in [5.74, 6) is 0. The van der Waals surface area contributed by atoms with Crippen molar-refractivity contribution in [2.24, 2.45) is 0 Å². The van der Waals surface area contributed by atoms with Crippen LogP contribution < -0.4 is 9.80 Å². The van der Waals surface area contributed by atoms with Gasteiger partial charge in [0.1, 0.15) is 0 Å². The first-order valence-electron chi connectivity index (χ1n) is 19.2. The van der Waals surface area contributed by atoms with Gasteiger partial charge in [-0.05, 0) is 116 Å². The van der Waals surface area contributed by atoms with Crippen molar-refractivity contribution in [3.8, 4) is 0 Å². The molecule has 0 amide bonds. The molecule has 0 spiro atoms. The van der Waals surface area contributed by atoms with E-state index in [4.69, 9.17) is 0 Å². The van der Waals surface area contributed by atoms with Crippen molar-refractivity contribution in [1.29, 1.82) is 0 Å². The number of rotatable bonds is 8. The summed E-state index contributed by atoms with van der Waals surface area (Å²) in [5.41, 5.74) is 9.05. The van der Waals surface area contributed by atoms with E-state index in [-0.39, 0.29) is 0 Å². The molecule has 0 fully saturated rings. The number of benzene rings is 10. The molecule has 2 heteroatoms. The van der Waals surface area contributed by atoms with Crippen molar-refractivity contribution < 1.29 is 0 Å². The van der Waals surface area contributed by atoms with Crippen LogP contribution in [-0.2, 0) is 0 Å². The second-order valence-corrected chi connectivity index (χ2v) is 14.2. The second-order valence-electron chi connectivity index (χ2n) is 14.2. The molecule has 10 aromatic carbocycles. The first-order valence-corrected chi connectivity index (χ1v) is 19.2. The Labute approximate surface area is 327 Å². The normalized spacial score (nSPS) is 11.5. The van der Waals surface area contributed by atoms with Gasteiger partial charge in [0.2, 0.25) is 0 Å². The molecular weight excluding hydrogens is 677 g/mol. The predicted molar refractivity (Wildman–Crippen MR) is 241 cm³/mol. The molecule has 10 aromatic rings. The van der Waals surface area contributed by atoms with Crippen LogP contribution in [0.5, 0.6) is 0 Å². The monoisotopic (exact) mass is 714 g/mol. The number of hydrogen-bond acceptors (Lipinski definition) is 2. The molecule has 0 atom stereocenters. The summed E-state index contributed by atoms with van der Waals surface area (Å²) in [5, 5.41) is 9.88. The summed E-state index contributed by atoms with van der Waals surface area (Å²) in [6, 6.07) is 78.6. The van der Waals surface area contributed by atoms with Gasteiger partial charge in [0, 0.05) is 33.8 Å². The summed E-state index contributed by atoms with van der Waals surface area (Å²) >= 11 is 0. The second kappa shape index (κ2) is 14.4. The third kappa shape index (κ3) is 6.34. The number of fused-ring (bicyclic) bond motifs is 5. The van der Waals surface area contributed by atoms with E-state index in [9.17, 15) is 0 Å². The maximum atomic E-state index is 2.37. The highest BCUT2D eigenvalue weighted by Gasteiger charge is 2.17. The quantitative estimate of drug-likeness (QED) is 0.114. The van der Waals surface area contributed by atoms with Crippen LogP contribution in [0.1, 0.15) is 11.1 Å². The molecule has 0 aliphatic rings. The molecule has 264 valence electrons. The van der Waals surface area contributed by atoms with Crippen molar-refractivity contribution in [2.75, 3.05) is 9.80 Å². The number of anilines is 6. The topological polar surface area (TPSA) is 6.48 Å². The van der Waals surface area contributed by atoms with Gasteiger partial charge in [-0.2, -0.15) is 0 Å². The van der Waals surface area contributed by atoms with E-state index in [1.807, 2.05) is 0 Å². The van der Waals surface area contributed by atoms with Gasteiger partial charge in [-0.3, -0.25) is 0 Å². The summed E-state index contributed by atoms with van der Waals surface area (Å²) in [6.07, 6.45) is 4.39. The molecule has 0 aromatic heterocycles. The van der Waals surface area contributed by atoms with Crippen molar-refractivity contribution in [2.45, 2.75) is 0 Å². The van der Waals surface area contributed by atoms with Crippen LogP contribution in [0.25, 0.3) is 55.2 Å². The molecule has 0 aliphatic carbocycles. The lowest BCUT2D eigenvalue weighted by Crippen LogP contribution is -2.10. The fourth-order valence-electron chi connectivity index (χ4n) is 7.96. The Balaban J connectivity index is 0.967. The number of hydrogen-bond donors (Lipinski definition) is 0. The third-order valence-electron chi connectivity index (χ3n) is 10.8. The fraction of sp³-hybridized carbons (Fsp3) is 0. The standard InChI is InChI=1S/C54H38N2/c1-2-17-46(18-3-1)56(54-38-45-16-8-9-19-51(45)52-20-10-11-21-53(52)54)48-32-26-40(27-33-48)23-22-39-24-30-47(31-25-39)55(49-34-28-41-12-4-6-14-43(41)36-49)50-35-29-42-13-5-7-15-44(42)37-50/h1-38H/b23-22+. The van der Waals surface area contributed by atoms with Crippen LogP contribution in [-0.4, -0.2) is 0 Å². The molecule has 2 nitrogen and oxygen atoms in total. The minimum Gasteiger partial charge on any atom is -0.310 e. The molecule has 0 radical (unpaired) electrons. The predicted octanol–water partition coefficient (Wildman–Crippen LogP) is 15.4. The SMILES string of the molecule is C(=C\c1ccc(N(c2ccccc2)c2cc3ccccc3c3ccccc23)cc1)/c1ccc(N(c2ccc3ccccc3c2)c2ccc3ccccc3c2)cc1. The summed E-state index contributed by atoms with van der Waals surface area (Å²) in [6.45, 7) is 0. The van der Waals surface area contributed by atoms with Crippen LogP contribution in [0.3, 0.4) is 0 Å². The smallest absolute Gasteiger partial charge is 0.0546 e. The van der Waals surface area contributed by atoms with Gasteiger partial charge in [0.25, 0.3) is 0 Å². The number of nitrogens with zero attached hydrogens (tertiary/aromatic N) is 2. The molecule has 0 bridgehead atoms. The average molecular weight is 715 g/mol. The maximum absolute atomic E-state index is 2.37. The third-order valence-corrected chi connectivity index (χ3v) is 10.8. The van der Waals surface area contributed by atoms with E-state index in [1.165, 1.54) is 43.1 Å². The zero-order valence-corrected chi connectivity index (χ0v) is 30.8. The first-order chi connectivity index (χ1) is 27.7. The van der Waals surface area contributed by atoms with Gasteiger partial charge >= 0.3 is 0 Å². The van der Waals surface area contributed by atoms with E-state index in [0.29, 0.717) is 0 Å². The van der Waals surface area contributed by atoms with E-state index in [1.54, 1.807) is 0 Å². The Hall–Kier alpha value is -7.42. The Kier molecular flexibility index (Phi) is 8.55. The summed E-state index contributed by atoms with van der Waals surface area (Å²) < 4.78 is 0. The molecule has 0 aliphatic heterocycles. The molecular formula is C54H38N2. The van der Waals surface area contributed by atoms with E-state index < -0.39 is 0 Å². The van der Waals surface area contributed by atoms with Gasteiger partial charge in [0.15, 0.2) is 0 Å². The van der Waals surface area contributed by atoms with Crippen LogP contribution in [0.2, 0.25) is 0 Å².